The van der Waals surface area contributed by atoms with E-state index in [-0.39, 0.29) is 5.41 Å². The molecule has 14 heavy (non-hydrogen) atoms. The molecule has 0 saturated heterocycles. The lowest BCUT2D eigenvalue weighted by Gasteiger charge is -2.26. The minimum absolute atomic E-state index is 0.0110. The van der Waals surface area contributed by atoms with Crippen LogP contribution in [0.25, 0.3) is 0 Å². The average Bonchev–Trinajstić information content (AvgIpc) is 2.11. The first-order valence-electron chi connectivity index (χ1n) is 4.87. The van der Waals surface area contributed by atoms with Crippen LogP contribution in [-0.4, -0.2) is 42.0 Å². The van der Waals surface area contributed by atoms with Crippen molar-refractivity contribution in [3.63, 3.8) is 0 Å². The molecule has 84 valence electrons. The largest absolute Gasteiger partial charge is 0.393 e. The number of rotatable bonds is 7. The molecule has 2 N–H and O–H groups in total. The number of hydrogen-bond acceptors (Lipinski definition) is 3. The molecule has 0 bridgehead atoms. The lowest BCUT2D eigenvalue weighted by Crippen LogP contribution is -2.34. The van der Waals surface area contributed by atoms with E-state index >= 15 is 0 Å². The van der Waals surface area contributed by atoms with Gasteiger partial charge in [0.2, 0.25) is 0 Å². The molecule has 0 unspecified atom stereocenters. The highest BCUT2D eigenvalue weighted by Crippen LogP contribution is 2.20. The predicted octanol–water partition coefficient (Wildman–Crippen LogP) is 1.98. The molecular formula is C10H22N2S2. The van der Waals surface area contributed by atoms with Crippen molar-refractivity contribution >= 4 is 29.0 Å². The third kappa shape index (κ3) is 5.83. The Kier molecular flexibility index (Phi) is 6.74. The van der Waals surface area contributed by atoms with Crippen LogP contribution in [0.1, 0.15) is 20.3 Å². The van der Waals surface area contributed by atoms with E-state index in [2.05, 4.69) is 32.1 Å². The predicted molar refractivity (Wildman–Crippen MR) is 71.1 cm³/mol. The Morgan fingerprint density at radius 3 is 2.43 bits per heavy atom. The normalized spacial score (nSPS) is 12.1. The van der Waals surface area contributed by atoms with Gasteiger partial charge >= 0.3 is 0 Å². The molecule has 0 heterocycles. The van der Waals surface area contributed by atoms with Crippen LogP contribution in [0, 0.1) is 5.41 Å². The van der Waals surface area contributed by atoms with Crippen molar-refractivity contribution in [2.75, 3.05) is 32.1 Å². The van der Waals surface area contributed by atoms with Crippen LogP contribution in [0.15, 0.2) is 0 Å². The lowest BCUT2D eigenvalue weighted by molar-refractivity contribution is 0.307. The quantitative estimate of drug-likeness (QED) is 0.682. The molecular weight excluding hydrogens is 212 g/mol. The highest BCUT2D eigenvalue weighted by molar-refractivity contribution is 7.98. The Labute approximate surface area is 97.6 Å². The van der Waals surface area contributed by atoms with Gasteiger partial charge in [-0.15, -0.1) is 0 Å². The zero-order valence-electron chi connectivity index (χ0n) is 9.67. The summed E-state index contributed by atoms with van der Waals surface area (Å²) in [6.07, 6.45) is 3.17. The molecule has 0 aliphatic heterocycles. The number of nitrogens with zero attached hydrogens (tertiary/aromatic N) is 1. The Balaban J connectivity index is 3.75. The average molecular weight is 234 g/mol. The van der Waals surface area contributed by atoms with E-state index in [1.807, 2.05) is 11.8 Å². The minimum Gasteiger partial charge on any atom is -0.393 e. The van der Waals surface area contributed by atoms with Crippen molar-refractivity contribution in [1.29, 1.82) is 0 Å². The monoisotopic (exact) mass is 234 g/mol. The Bertz CT molecular complexity index is 181. The molecule has 0 aliphatic carbocycles. The van der Waals surface area contributed by atoms with E-state index in [0.717, 1.165) is 19.5 Å². The second-order valence-electron chi connectivity index (χ2n) is 4.29. The van der Waals surface area contributed by atoms with Gasteiger partial charge in [-0.2, -0.15) is 11.8 Å². The summed E-state index contributed by atoms with van der Waals surface area (Å²) in [4.78, 5) is 2.95. The van der Waals surface area contributed by atoms with Crippen molar-refractivity contribution in [2.24, 2.45) is 11.1 Å². The molecule has 0 aromatic rings. The summed E-state index contributed by atoms with van der Waals surface area (Å²) in [7, 11) is 2.14. The fraction of sp³-hybridized carbons (Fsp3) is 0.900. The molecule has 0 spiro atoms. The molecule has 0 fully saturated rings. The van der Waals surface area contributed by atoms with Gasteiger partial charge in [0.05, 0.1) is 4.99 Å². The molecule has 0 saturated carbocycles. The summed E-state index contributed by atoms with van der Waals surface area (Å²) in [5.41, 5.74) is 5.65. The highest BCUT2D eigenvalue weighted by atomic mass is 32.2. The summed E-state index contributed by atoms with van der Waals surface area (Å²) in [6.45, 7) is 6.41. The molecule has 0 amide bonds. The summed E-state index contributed by atoms with van der Waals surface area (Å²) >= 11 is 6.90. The van der Waals surface area contributed by atoms with Crippen LogP contribution in [0.4, 0.5) is 0 Å². The van der Waals surface area contributed by atoms with Gasteiger partial charge in [-0.3, -0.25) is 0 Å². The maximum Gasteiger partial charge on any atom is 0.0784 e. The van der Waals surface area contributed by atoms with Crippen LogP contribution in [0.5, 0.6) is 0 Å². The van der Waals surface area contributed by atoms with Crippen LogP contribution in [0.2, 0.25) is 0 Å². The number of thiocarbonyl (C=S) groups is 1. The summed E-state index contributed by atoms with van der Waals surface area (Å²) < 4.78 is 0. The van der Waals surface area contributed by atoms with Crippen molar-refractivity contribution in [2.45, 2.75) is 20.3 Å². The SMILES string of the molecule is CSCCN(C)CCC(C)(C)C(N)=S. The van der Waals surface area contributed by atoms with E-state index in [0.29, 0.717) is 4.99 Å². The molecule has 0 aliphatic rings. The summed E-state index contributed by atoms with van der Waals surface area (Å²) in [6, 6.07) is 0. The Morgan fingerprint density at radius 2 is 2.00 bits per heavy atom. The van der Waals surface area contributed by atoms with Gasteiger partial charge in [0.25, 0.3) is 0 Å². The maximum atomic E-state index is 5.67. The van der Waals surface area contributed by atoms with Crippen LogP contribution in [-0.2, 0) is 0 Å². The van der Waals surface area contributed by atoms with Gasteiger partial charge in [0.15, 0.2) is 0 Å². The molecule has 0 atom stereocenters. The molecule has 0 aromatic carbocycles. The lowest BCUT2D eigenvalue weighted by atomic mass is 9.89. The number of nitrogens with two attached hydrogens (primary N) is 1. The zero-order chi connectivity index (χ0) is 11.2. The first-order valence-corrected chi connectivity index (χ1v) is 6.68. The third-order valence-corrected chi connectivity index (χ3v) is 3.61. The van der Waals surface area contributed by atoms with E-state index in [1.54, 1.807) is 0 Å². The topological polar surface area (TPSA) is 29.3 Å². The van der Waals surface area contributed by atoms with Crippen molar-refractivity contribution in [3.05, 3.63) is 0 Å². The van der Waals surface area contributed by atoms with E-state index < -0.39 is 0 Å². The number of hydrogen-bond donors (Lipinski definition) is 1. The van der Waals surface area contributed by atoms with Crippen LogP contribution < -0.4 is 5.73 Å². The van der Waals surface area contributed by atoms with E-state index in [9.17, 15) is 0 Å². The minimum atomic E-state index is -0.0110. The van der Waals surface area contributed by atoms with Crippen molar-refractivity contribution in [3.8, 4) is 0 Å². The van der Waals surface area contributed by atoms with Gasteiger partial charge in [-0.25, -0.2) is 0 Å². The fourth-order valence-electron chi connectivity index (χ4n) is 0.952. The first kappa shape index (κ1) is 14.2. The summed E-state index contributed by atoms with van der Waals surface area (Å²) in [5.74, 6) is 1.18. The first-order chi connectivity index (χ1) is 6.40. The molecule has 0 aromatic heterocycles. The van der Waals surface area contributed by atoms with Crippen LogP contribution >= 0.6 is 24.0 Å². The van der Waals surface area contributed by atoms with Crippen LogP contribution in [0.3, 0.4) is 0 Å². The molecule has 0 rings (SSSR count). The van der Waals surface area contributed by atoms with Gasteiger partial charge < -0.3 is 10.6 Å². The molecule has 0 radical (unpaired) electrons. The molecule has 2 nitrogen and oxygen atoms in total. The third-order valence-electron chi connectivity index (χ3n) is 2.46. The van der Waals surface area contributed by atoms with Crippen molar-refractivity contribution in [1.82, 2.24) is 4.90 Å². The summed E-state index contributed by atoms with van der Waals surface area (Å²) in [5, 5.41) is 0. The van der Waals surface area contributed by atoms with E-state index in [1.165, 1.54) is 5.75 Å². The second kappa shape index (κ2) is 6.64. The maximum absolute atomic E-state index is 5.67. The highest BCUT2D eigenvalue weighted by Gasteiger charge is 2.21. The molecule has 4 heteroatoms. The van der Waals surface area contributed by atoms with Gasteiger partial charge in [-0.1, -0.05) is 26.1 Å². The zero-order valence-corrected chi connectivity index (χ0v) is 11.3. The second-order valence-corrected chi connectivity index (χ2v) is 5.72. The standard InChI is InChI=1S/C10H22N2S2/c1-10(2,9(11)13)5-6-12(3)7-8-14-4/h5-8H2,1-4H3,(H2,11,13). The Morgan fingerprint density at radius 1 is 1.43 bits per heavy atom. The Hall–Kier alpha value is 0.200. The van der Waals surface area contributed by atoms with Gasteiger partial charge in [-0.05, 0) is 26.3 Å². The smallest absolute Gasteiger partial charge is 0.0784 e. The van der Waals surface area contributed by atoms with E-state index in [4.69, 9.17) is 18.0 Å². The number of thioether (sulfide) groups is 1. The van der Waals surface area contributed by atoms with Crippen molar-refractivity contribution < 1.29 is 0 Å². The van der Waals surface area contributed by atoms with Gasteiger partial charge in [0, 0.05) is 17.7 Å². The van der Waals surface area contributed by atoms with Gasteiger partial charge in [0.1, 0.15) is 0 Å². The fourth-order valence-corrected chi connectivity index (χ4v) is 1.55.